The summed E-state index contributed by atoms with van der Waals surface area (Å²) in [5.41, 5.74) is 4.97. The summed E-state index contributed by atoms with van der Waals surface area (Å²) in [6, 6.07) is 23.9. The molecule has 6 nitrogen and oxygen atoms in total. The summed E-state index contributed by atoms with van der Waals surface area (Å²) in [5.74, 6) is 6.54. The van der Waals surface area contributed by atoms with Crippen LogP contribution in [-0.2, 0) is 11.3 Å². The second-order valence-corrected chi connectivity index (χ2v) is 9.23. The number of nitrogens with zero attached hydrogens (tertiary/aromatic N) is 2. The monoisotopic (exact) mass is 524 g/mol. The van der Waals surface area contributed by atoms with Crippen molar-refractivity contribution >= 4 is 23.3 Å². The van der Waals surface area contributed by atoms with Crippen LogP contribution in [0.15, 0.2) is 96.2 Å². The predicted molar refractivity (Wildman–Crippen MR) is 151 cm³/mol. The molecule has 3 aromatic carbocycles. The molecule has 0 atom stereocenters. The minimum absolute atomic E-state index is 0.361. The molecule has 4 aromatic rings. The van der Waals surface area contributed by atoms with E-state index >= 15 is 0 Å². The summed E-state index contributed by atoms with van der Waals surface area (Å²) < 4.78 is 13.1. The lowest BCUT2D eigenvalue weighted by molar-refractivity contribution is -0.139. The molecule has 0 spiro atoms. The zero-order chi connectivity index (χ0) is 26.7. The number of ether oxygens (including phenoxy) is 2. The second kappa shape index (κ2) is 13.2. The molecule has 0 unspecified atom stereocenters. The van der Waals surface area contributed by atoms with Gasteiger partial charge in [-0.3, -0.25) is 4.68 Å². The van der Waals surface area contributed by atoms with Gasteiger partial charge in [0.25, 0.3) is 0 Å². The van der Waals surface area contributed by atoms with Crippen molar-refractivity contribution in [3.05, 3.63) is 114 Å². The van der Waals surface area contributed by atoms with Crippen LogP contribution in [0, 0.1) is 18.8 Å². The molecule has 0 aliphatic rings. The van der Waals surface area contributed by atoms with E-state index in [1.807, 2.05) is 37.4 Å². The van der Waals surface area contributed by atoms with Crippen molar-refractivity contribution in [2.45, 2.75) is 18.4 Å². The molecule has 0 saturated heterocycles. The average molecular weight is 525 g/mol. The number of aromatic nitrogens is 2. The van der Waals surface area contributed by atoms with E-state index in [4.69, 9.17) is 14.6 Å². The van der Waals surface area contributed by atoms with Crippen molar-refractivity contribution in [3.63, 3.8) is 0 Å². The first-order valence-electron chi connectivity index (χ1n) is 12.0. The molecule has 1 N–H and O–H groups in total. The molecule has 1 heterocycles. The number of benzene rings is 3. The van der Waals surface area contributed by atoms with E-state index in [9.17, 15) is 4.79 Å². The molecule has 192 valence electrons. The number of hydrogen-bond donors (Lipinski definition) is 1. The number of carboxylic acids is 1. The van der Waals surface area contributed by atoms with E-state index in [0.717, 1.165) is 27.8 Å². The van der Waals surface area contributed by atoms with Crippen LogP contribution in [0.5, 0.6) is 11.5 Å². The number of hydrogen-bond acceptors (Lipinski definition) is 5. The van der Waals surface area contributed by atoms with Crippen molar-refractivity contribution in [2.24, 2.45) is 0 Å². The molecule has 1 aromatic heterocycles. The molecule has 0 aliphatic carbocycles. The Morgan fingerprint density at radius 3 is 2.42 bits per heavy atom. The Bertz CT molecular complexity index is 1450. The maximum Gasteiger partial charge on any atom is 0.341 e. The fourth-order valence-electron chi connectivity index (χ4n) is 3.76. The van der Waals surface area contributed by atoms with Crippen molar-refractivity contribution < 1.29 is 19.4 Å². The summed E-state index contributed by atoms with van der Waals surface area (Å²) in [6.07, 6.45) is 7.76. The number of thioether (sulfide) groups is 1. The Balaban J connectivity index is 1.50. The first kappa shape index (κ1) is 26.6. The van der Waals surface area contributed by atoms with Crippen LogP contribution < -0.4 is 9.47 Å². The molecule has 0 aliphatic heterocycles. The Labute approximate surface area is 226 Å². The SMILES string of the molecule is CSc1ccc(C(=CCOc2ccc(OCC(=O)O)c(C)c2)c2ccc(C#CCn3cccn3)cc2)cc1. The molecular formula is C31H28N2O4S. The van der Waals surface area contributed by atoms with Gasteiger partial charge in [0.15, 0.2) is 6.61 Å². The smallest absolute Gasteiger partial charge is 0.341 e. The van der Waals surface area contributed by atoms with Gasteiger partial charge in [0.2, 0.25) is 0 Å². The minimum Gasteiger partial charge on any atom is -0.489 e. The van der Waals surface area contributed by atoms with Gasteiger partial charge in [0.1, 0.15) is 24.7 Å². The largest absolute Gasteiger partial charge is 0.489 e. The molecule has 38 heavy (non-hydrogen) atoms. The van der Waals surface area contributed by atoms with Gasteiger partial charge in [-0.15, -0.1) is 11.8 Å². The van der Waals surface area contributed by atoms with Crippen LogP contribution in [-0.4, -0.2) is 40.3 Å². The van der Waals surface area contributed by atoms with Crippen LogP contribution in [0.2, 0.25) is 0 Å². The Kier molecular flexibility index (Phi) is 9.27. The number of rotatable bonds is 10. The lowest BCUT2D eigenvalue weighted by Crippen LogP contribution is -2.10. The first-order chi connectivity index (χ1) is 18.5. The van der Waals surface area contributed by atoms with Crippen LogP contribution in [0.1, 0.15) is 22.3 Å². The number of carboxylic acid groups (broad SMARTS) is 1. The summed E-state index contributed by atoms with van der Waals surface area (Å²) in [5, 5.41) is 13.0. The van der Waals surface area contributed by atoms with Crippen molar-refractivity contribution in [1.29, 1.82) is 0 Å². The Morgan fingerprint density at radius 2 is 1.79 bits per heavy atom. The lowest BCUT2D eigenvalue weighted by Gasteiger charge is -2.12. The highest BCUT2D eigenvalue weighted by Crippen LogP contribution is 2.27. The Hall–Kier alpha value is -4.41. The molecular weight excluding hydrogens is 496 g/mol. The van der Waals surface area contributed by atoms with Gasteiger partial charge in [-0.2, -0.15) is 5.10 Å². The second-order valence-electron chi connectivity index (χ2n) is 8.35. The standard InChI is InChI=1S/C31H28N2O4S/c1-23-21-27(12-15-30(23)37-22-31(34)35)36-20-16-29(26-10-13-28(38-2)14-11-26)25-8-6-24(7-9-25)5-3-18-33-19-4-17-32-33/h4,6-17,19,21H,18,20,22H2,1-2H3,(H,34,35). The van der Waals surface area contributed by atoms with Crippen molar-refractivity contribution in [1.82, 2.24) is 9.78 Å². The maximum absolute atomic E-state index is 10.8. The van der Waals surface area contributed by atoms with Gasteiger partial charge in [-0.05, 0) is 90.0 Å². The quantitative estimate of drug-likeness (QED) is 0.205. The van der Waals surface area contributed by atoms with E-state index in [0.29, 0.717) is 24.7 Å². The summed E-state index contributed by atoms with van der Waals surface area (Å²) in [6.45, 7) is 2.39. The van der Waals surface area contributed by atoms with Crippen molar-refractivity contribution in [2.75, 3.05) is 19.5 Å². The van der Waals surface area contributed by atoms with E-state index in [-0.39, 0.29) is 6.61 Å². The highest BCUT2D eigenvalue weighted by atomic mass is 32.2. The van der Waals surface area contributed by atoms with Crippen LogP contribution >= 0.6 is 11.8 Å². The zero-order valence-corrected chi connectivity index (χ0v) is 22.1. The lowest BCUT2D eigenvalue weighted by atomic mass is 9.97. The third-order valence-electron chi connectivity index (χ3n) is 5.66. The number of aliphatic carboxylic acids is 1. The topological polar surface area (TPSA) is 73.6 Å². The van der Waals surface area contributed by atoms with Crippen LogP contribution in [0.25, 0.3) is 5.57 Å². The van der Waals surface area contributed by atoms with E-state index in [2.05, 4.69) is 65.7 Å². The fourth-order valence-corrected chi connectivity index (χ4v) is 4.17. The van der Waals surface area contributed by atoms with E-state index in [1.54, 1.807) is 34.8 Å². The number of carbonyl (C=O) groups is 1. The maximum atomic E-state index is 10.8. The minimum atomic E-state index is -1.01. The van der Waals surface area contributed by atoms with Gasteiger partial charge in [-0.25, -0.2) is 4.79 Å². The zero-order valence-electron chi connectivity index (χ0n) is 21.3. The molecule has 0 fully saturated rings. The summed E-state index contributed by atoms with van der Waals surface area (Å²) in [4.78, 5) is 12.0. The predicted octanol–water partition coefficient (Wildman–Crippen LogP) is 5.94. The molecule has 0 saturated carbocycles. The number of aryl methyl sites for hydroxylation is 1. The summed E-state index contributed by atoms with van der Waals surface area (Å²) >= 11 is 1.71. The normalized spacial score (nSPS) is 10.9. The van der Waals surface area contributed by atoms with Gasteiger partial charge >= 0.3 is 5.97 Å². The van der Waals surface area contributed by atoms with Crippen LogP contribution in [0.3, 0.4) is 0 Å². The molecule has 0 bridgehead atoms. The molecule has 7 heteroatoms. The molecule has 0 radical (unpaired) electrons. The van der Waals surface area contributed by atoms with Crippen LogP contribution in [0.4, 0.5) is 0 Å². The van der Waals surface area contributed by atoms with Gasteiger partial charge in [-0.1, -0.05) is 36.1 Å². The molecule has 0 amide bonds. The highest BCUT2D eigenvalue weighted by molar-refractivity contribution is 7.98. The summed E-state index contributed by atoms with van der Waals surface area (Å²) in [7, 11) is 0. The third-order valence-corrected chi connectivity index (χ3v) is 6.41. The third kappa shape index (κ3) is 7.55. The molecule has 4 rings (SSSR count). The van der Waals surface area contributed by atoms with Gasteiger partial charge in [0.05, 0.1) is 0 Å². The fraction of sp³-hybridized carbons (Fsp3) is 0.161. The average Bonchev–Trinajstić information content (AvgIpc) is 3.45. The van der Waals surface area contributed by atoms with Gasteiger partial charge < -0.3 is 14.6 Å². The first-order valence-corrected chi connectivity index (χ1v) is 13.2. The van der Waals surface area contributed by atoms with E-state index in [1.165, 1.54) is 4.90 Å². The Morgan fingerprint density at radius 1 is 1.05 bits per heavy atom. The van der Waals surface area contributed by atoms with Gasteiger partial charge in [0, 0.05) is 22.9 Å². The van der Waals surface area contributed by atoms with E-state index < -0.39 is 5.97 Å². The van der Waals surface area contributed by atoms with Crippen molar-refractivity contribution in [3.8, 4) is 23.3 Å². The highest BCUT2D eigenvalue weighted by Gasteiger charge is 2.08.